The molecule has 0 bridgehead atoms. The Balaban J connectivity index is 1.87. The van der Waals surface area contributed by atoms with Gasteiger partial charge in [-0.15, -0.1) is 0 Å². The molecular formula is C22H20Br2ClN3O2. The minimum absolute atomic E-state index is 0.260. The van der Waals surface area contributed by atoms with Crippen LogP contribution in [0.15, 0.2) is 32.8 Å². The molecule has 5 nitrogen and oxygen atoms in total. The molecule has 2 aromatic rings. The number of nitrogens with zero attached hydrogens (tertiary/aromatic N) is 2. The summed E-state index contributed by atoms with van der Waals surface area (Å²) in [6, 6.07) is 3.95. The average molecular weight is 554 g/mol. The number of likely N-dealkylation sites (tertiary alicyclic amines) is 1. The molecule has 1 aliphatic carbocycles. The summed E-state index contributed by atoms with van der Waals surface area (Å²) in [7, 11) is 0. The summed E-state index contributed by atoms with van der Waals surface area (Å²) in [6.45, 7) is 3.40. The van der Waals surface area contributed by atoms with Gasteiger partial charge in [-0.05, 0) is 69.3 Å². The number of benzene rings is 1. The lowest BCUT2D eigenvalue weighted by atomic mass is 9.88. The van der Waals surface area contributed by atoms with Crippen molar-refractivity contribution in [1.82, 2.24) is 9.88 Å². The first-order valence-corrected chi connectivity index (χ1v) is 11.6. The van der Waals surface area contributed by atoms with Gasteiger partial charge < -0.3 is 15.4 Å². The molecule has 1 amide bonds. The quantitative estimate of drug-likeness (QED) is 0.355. The Morgan fingerprint density at radius 3 is 2.63 bits per heavy atom. The molecule has 2 heterocycles. The maximum absolute atomic E-state index is 12.1. The van der Waals surface area contributed by atoms with E-state index in [-0.39, 0.29) is 6.09 Å². The van der Waals surface area contributed by atoms with Gasteiger partial charge in [-0.25, -0.2) is 4.79 Å². The number of halogens is 3. The van der Waals surface area contributed by atoms with Gasteiger partial charge in [0.2, 0.25) is 0 Å². The Bertz CT molecular complexity index is 1090. The first-order chi connectivity index (χ1) is 14.4. The number of aromatic nitrogens is 1. The Kier molecular flexibility index (Phi) is 6.23. The van der Waals surface area contributed by atoms with Crippen molar-refractivity contribution in [1.29, 1.82) is 0 Å². The predicted octanol–water partition coefficient (Wildman–Crippen LogP) is 6.38. The molecule has 0 unspecified atom stereocenters. The zero-order valence-corrected chi connectivity index (χ0v) is 20.3. The van der Waals surface area contributed by atoms with Gasteiger partial charge in [0.1, 0.15) is 0 Å². The van der Waals surface area contributed by atoms with Crippen LogP contribution in [0.1, 0.15) is 42.1 Å². The van der Waals surface area contributed by atoms with Gasteiger partial charge >= 0.3 is 6.09 Å². The van der Waals surface area contributed by atoms with E-state index in [0.717, 1.165) is 49.7 Å². The SMILES string of the molecule is CCOC(=O)N1CCC(=C2c3ncc(Br)cc3C=Cc3cc(Cl)c(N)c(Br)c32)CC1. The fourth-order valence-corrected chi connectivity index (χ4v) is 5.21. The number of fused-ring (bicyclic) bond motifs is 2. The van der Waals surface area contributed by atoms with Crippen LogP contribution in [0.4, 0.5) is 10.5 Å². The van der Waals surface area contributed by atoms with E-state index in [0.29, 0.717) is 30.4 Å². The highest BCUT2D eigenvalue weighted by molar-refractivity contribution is 9.11. The van der Waals surface area contributed by atoms with Crippen molar-refractivity contribution in [2.45, 2.75) is 19.8 Å². The molecule has 30 heavy (non-hydrogen) atoms. The van der Waals surface area contributed by atoms with E-state index < -0.39 is 0 Å². The number of carbonyl (C=O) groups is 1. The molecule has 1 saturated heterocycles. The van der Waals surface area contributed by atoms with E-state index in [2.05, 4.69) is 37.9 Å². The monoisotopic (exact) mass is 551 g/mol. The van der Waals surface area contributed by atoms with E-state index >= 15 is 0 Å². The van der Waals surface area contributed by atoms with E-state index in [1.165, 1.54) is 5.57 Å². The third-order valence-electron chi connectivity index (χ3n) is 5.34. The van der Waals surface area contributed by atoms with Crippen LogP contribution in [0, 0.1) is 0 Å². The zero-order chi connectivity index (χ0) is 21.4. The van der Waals surface area contributed by atoms with Crippen molar-refractivity contribution in [3.05, 3.63) is 60.3 Å². The minimum atomic E-state index is -0.260. The number of anilines is 1. The van der Waals surface area contributed by atoms with Gasteiger partial charge in [0.25, 0.3) is 0 Å². The Morgan fingerprint density at radius 1 is 1.23 bits per heavy atom. The van der Waals surface area contributed by atoms with Crippen LogP contribution in [-0.2, 0) is 4.74 Å². The fourth-order valence-electron chi connectivity index (χ4n) is 3.90. The number of amides is 1. The fraction of sp³-hybridized carbons (Fsp3) is 0.273. The van der Waals surface area contributed by atoms with Crippen molar-refractivity contribution in [2.24, 2.45) is 0 Å². The summed E-state index contributed by atoms with van der Waals surface area (Å²) in [5.41, 5.74) is 12.9. The molecule has 1 fully saturated rings. The largest absolute Gasteiger partial charge is 0.450 e. The van der Waals surface area contributed by atoms with Crippen molar-refractivity contribution in [3.8, 4) is 0 Å². The van der Waals surface area contributed by atoms with E-state index in [1.54, 1.807) is 11.1 Å². The van der Waals surface area contributed by atoms with Crippen LogP contribution in [-0.4, -0.2) is 35.7 Å². The molecule has 0 radical (unpaired) electrons. The Labute approximate surface area is 197 Å². The summed E-state index contributed by atoms with van der Waals surface area (Å²) in [5.74, 6) is 0. The second-order valence-corrected chi connectivity index (χ2v) is 9.26. The summed E-state index contributed by atoms with van der Waals surface area (Å²) in [5, 5.41) is 0.506. The molecule has 156 valence electrons. The number of ether oxygens (including phenoxy) is 1. The predicted molar refractivity (Wildman–Crippen MR) is 128 cm³/mol. The maximum atomic E-state index is 12.1. The number of pyridine rings is 1. The molecule has 4 rings (SSSR count). The first kappa shape index (κ1) is 21.4. The topological polar surface area (TPSA) is 68.5 Å². The van der Waals surface area contributed by atoms with Gasteiger partial charge in [-0.3, -0.25) is 4.98 Å². The third-order valence-corrected chi connectivity index (χ3v) is 6.91. The van der Waals surface area contributed by atoms with Crippen molar-refractivity contribution >= 4 is 73.0 Å². The van der Waals surface area contributed by atoms with Crippen molar-refractivity contribution in [2.75, 3.05) is 25.4 Å². The van der Waals surface area contributed by atoms with Crippen LogP contribution in [0.25, 0.3) is 17.7 Å². The molecule has 2 N–H and O–H groups in total. The van der Waals surface area contributed by atoms with Gasteiger partial charge in [0.15, 0.2) is 0 Å². The molecular weight excluding hydrogens is 534 g/mol. The smallest absolute Gasteiger partial charge is 0.409 e. The van der Waals surface area contributed by atoms with Gasteiger partial charge in [-0.1, -0.05) is 29.3 Å². The average Bonchev–Trinajstić information content (AvgIpc) is 2.89. The second kappa shape index (κ2) is 8.73. The van der Waals surface area contributed by atoms with Gasteiger partial charge in [0, 0.05) is 40.5 Å². The molecule has 1 aromatic carbocycles. The number of hydrogen-bond donors (Lipinski definition) is 1. The van der Waals surface area contributed by atoms with E-state index in [4.69, 9.17) is 27.1 Å². The maximum Gasteiger partial charge on any atom is 0.409 e. The number of hydrogen-bond acceptors (Lipinski definition) is 4. The lowest BCUT2D eigenvalue weighted by molar-refractivity contribution is 0.104. The standard InChI is InChI=1S/C22H20Br2ClN3O2/c1-2-30-22(29)28-7-5-12(6-8-28)18-17-13(10-16(25)20(26)19(17)24)3-4-14-9-15(23)11-27-21(14)18/h3-4,9-11H,2,5-8,26H2,1H3. The molecule has 1 aromatic heterocycles. The number of nitrogen functional groups attached to an aromatic ring is 1. The van der Waals surface area contributed by atoms with E-state index in [1.807, 2.05) is 25.1 Å². The first-order valence-electron chi connectivity index (χ1n) is 9.66. The van der Waals surface area contributed by atoms with Crippen LogP contribution in [0.5, 0.6) is 0 Å². The van der Waals surface area contributed by atoms with Gasteiger partial charge in [-0.2, -0.15) is 0 Å². The number of piperidine rings is 1. The van der Waals surface area contributed by atoms with Crippen LogP contribution in [0.2, 0.25) is 5.02 Å². The van der Waals surface area contributed by atoms with E-state index in [9.17, 15) is 4.79 Å². The highest BCUT2D eigenvalue weighted by atomic mass is 79.9. The molecule has 1 aliphatic heterocycles. The molecule has 0 saturated carbocycles. The van der Waals surface area contributed by atoms with Crippen LogP contribution >= 0.6 is 43.5 Å². The van der Waals surface area contributed by atoms with Crippen molar-refractivity contribution in [3.63, 3.8) is 0 Å². The number of rotatable bonds is 1. The Hall–Kier alpha value is -1.83. The lowest BCUT2D eigenvalue weighted by Gasteiger charge is -2.30. The number of nitrogens with two attached hydrogens (primary N) is 1. The second-order valence-electron chi connectivity index (χ2n) is 7.14. The van der Waals surface area contributed by atoms with Crippen LogP contribution in [0.3, 0.4) is 0 Å². The normalized spacial score (nSPS) is 15.5. The summed E-state index contributed by atoms with van der Waals surface area (Å²) in [6.07, 6.45) is 7.11. The molecule has 8 heteroatoms. The lowest BCUT2D eigenvalue weighted by Crippen LogP contribution is -2.37. The molecule has 0 spiro atoms. The van der Waals surface area contributed by atoms with Crippen molar-refractivity contribution < 1.29 is 9.53 Å². The molecule has 0 atom stereocenters. The minimum Gasteiger partial charge on any atom is -0.450 e. The summed E-state index contributed by atoms with van der Waals surface area (Å²) in [4.78, 5) is 18.6. The number of carbonyl (C=O) groups excluding carboxylic acids is 1. The van der Waals surface area contributed by atoms with Gasteiger partial charge in [0.05, 0.1) is 27.5 Å². The summed E-state index contributed by atoms with van der Waals surface area (Å²) >= 11 is 13.6. The van der Waals surface area contributed by atoms with Crippen LogP contribution < -0.4 is 5.73 Å². The highest BCUT2D eigenvalue weighted by Gasteiger charge is 2.28. The Morgan fingerprint density at radius 2 is 1.93 bits per heavy atom. The molecule has 2 aliphatic rings. The third kappa shape index (κ3) is 3.90. The highest BCUT2D eigenvalue weighted by Crippen LogP contribution is 2.45. The summed E-state index contributed by atoms with van der Waals surface area (Å²) < 4.78 is 6.84. The zero-order valence-electron chi connectivity index (χ0n) is 16.3.